The summed E-state index contributed by atoms with van der Waals surface area (Å²) in [6, 6.07) is 0. The van der Waals surface area contributed by atoms with Crippen molar-refractivity contribution in [2.75, 3.05) is 0 Å². The van der Waals surface area contributed by atoms with E-state index in [1.54, 1.807) is 0 Å². The molecule has 1 fully saturated rings. The summed E-state index contributed by atoms with van der Waals surface area (Å²) in [5.74, 6) is -0.435. The third-order valence-corrected chi connectivity index (χ3v) is 2.49. The molecule has 9 heavy (non-hydrogen) atoms. The first-order valence-corrected chi connectivity index (χ1v) is 4.22. The molecular weight excluding hydrogens is 206 g/mol. The molecular formula is C4H5MoNO3. The van der Waals surface area contributed by atoms with Crippen molar-refractivity contribution in [2.24, 2.45) is 0 Å². The fourth-order valence-corrected chi connectivity index (χ4v) is 1.54. The Balaban J connectivity index is 2.66. The van der Waals surface area contributed by atoms with E-state index in [4.69, 9.17) is 3.76 Å². The van der Waals surface area contributed by atoms with Gasteiger partial charge in [-0.05, 0) is 0 Å². The molecule has 0 aromatic carbocycles. The van der Waals surface area contributed by atoms with Crippen LogP contribution >= 0.6 is 0 Å². The van der Waals surface area contributed by atoms with E-state index >= 15 is 0 Å². The van der Waals surface area contributed by atoms with Crippen molar-refractivity contribution < 1.29 is 32.5 Å². The first-order chi connectivity index (χ1) is 4.25. The standard InChI is InChI=1S/C4H5NO2.Mo.H2O/c6-3-1-2-4(7)5-3;;/h1-2H2,(H,5,6,7);;1H2/q;+2;/p-2. The maximum absolute atomic E-state index is 10.6. The summed E-state index contributed by atoms with van der Waals surface area (Å²) in [6.45, 7) is 0. The van der Waals surface area contributed by atoms with Gasteiger partial charge in [0.2, 0.25) is 0 Å². The van der Waals surface area contributed by atoms with Crippen LogP contribution in [0.1, 0.15) is 12.8 Å². The molecule has 0 aliphatic carbocycles. The summed E-state index contributed by atoms with van der Waals surface area (Å²) in [6.07, 6.45) is 0.564. The van der Waals surface area contributed by atoms with Crippen molar-refractivity contribution in [3.8, 4) is 0 Å². The van der Waals surface area contributed by atoms with Gasteiger partial charge in [-0.3, -0.25) is 0 Å². The summed E-state index contributed by atoms with van der Waals surface area (Å²) in [5, 5.41) is 0. The quantitative estimate of drug-likeness (QED) is 0.449. The van der Waals surface area contributed by atoms with Crippen molar-refractivity contribution in [2.45, 2.75) is 12.8 Å². The van der Waals surface area contributed by atoms with Crippen LogP contribution in [0.5, 0.6) is 0 Å². The third kappa shape index (κ3) is 1.19. The fourth-order valence-electron chi connectivity index (χ4n) is 0.647. The molecule has 1 saturated heterocycles. The van der Waals surface area contributed by atoms with Gasteiger partial charge >= 0.3 is 60.7 Å². The van der Waals surface area contributed by atoms with Crippen molar-refractivity contribution >= 4 is 11.8 Å². The van der Waals surface area contributed by atoms with Crippen LogP contribution in [-0.2, 0) is 28.8 Å². The Kier molecular flexibility index (Phi) is 1.98. The second-order valence-electron chi connectivity index (χ2n) is 1.66. The molecule has 4 nitrogen and oxygen atoms in total. The van der Waals surface area contributed by atoms with Crippen LogP contribution < -0.4 is 0 Å². The minimum absolute atomic E-state index is 0.218. The van der Waals surface area contributed by atoms with Crippen LogP contribution in [0.3, 0.4) is 0 Å². The summed E-state index contributed by atoms with van der Waals surface area (Å²) in [4.78, 5) is 21.2. The van der Waals surface area contributed by atoms with Crippen LogP contribution in [0.2, 0.25) is 0 Å². The second-order valence-corrected chi connectivity index (χ2v) is 2.96. The van der Waals surface area contributed by atoms with Gasteiger partial charge in [-0.1, -0.05) is 0 Å². The van der Waals surface area contributed by atoms with E-state index in [9.17, 15) is 9.59 Å². The molecule has 1 aliphatic heterocycles. The Bertz CT molecular complexity index is 142. The predicted octanol–water partition coefficient (Wildman–Crippen LogP) is -0.960. The van der Waals surface area contributed by atoms with E-state index < -0.39 is 19.2 Å². The van der Waals surface area contributed by atoms with Gasteiger partial charge in [-0.2, -0.15) is 0 Å². The summed E-state index contributed by atoms with van der Waals surface area (Å²) in [5.41, 5.74) is 0. The molecule has 0 bridgehead atoms. The molecule has 1 heterocycles. The van der Waals surface area contributed by atoms with Gasteiger partial charge in [-0.15, -0.1) is 0 Å². The molecule has 2 amide bonds. The number of amides is 2. The van der Waals surface area contributed by atoms with Crippen molar-refractivity contribution in [1.29, 1.82) is 0 Å². The van der Waals surface area contributed by atoms with E-state index in [1.807, 2.05) is 0 Å². The van der Waals surface area contributed by atoms with Crippen LogP contribution in [0.15, 0.2) is 0 Å². The molecule has 0 saturated carbocycles. The van der Waals surface area contributed by atoms with E-state index in [2.05, 4.69) is 0 Å². The molecule has 0 atom stereocenters. The molecule has 0 aromatic rings. The Morgan fingerprint density at radius 3 is 2.00 bits per heavy atom. The number of carbonyl (C=O) groups is 2. The predicted molar refractivity (Wildman–Crippen MR) is 23.3 cm³/mol. The van der Waals surface area contributed by atoms with Gasteiger partial charge in [0, 0.05) is 0 Å². The molecule has 0 spiro atoms. The SMILES string of the molecule is O=C1CCC(=O)[N]1[Mo][OH]. The third-order valence-electron chi connectivity index (χ3n) is 1.09. The zero-order valence-electron chi connectivity index (χ0n) is 4.53. The number of imide groups is 1. The zero-order chi connectivity index (χ0) is 6.85. The topological polar surface area (TPSA) is 57.6 Å². The molecule has 1 N–H and O–H groups in total. The van der Waals surface area contributed by atoms with Crippen molar-refractivity contribution in [3.05, 3.63) is 0 Å². The number of hydrogen-bond acceptors (Lipinski definition) is 3. The number of hydrogen-bond donors (Lipinski definition) is 1. The van der Waals surface area contributed by atoms with Crippen molar-refractivity contribution in [1.82, 2.24) is 3.46 Å². The number of rotatable bonds is 1. The Labute approximate surface area is 61.1 Å². The molecule has 0 aromatic heterocycles. The first-order valence-electron chi connectivity index (χ1n) is 2.43. The number of carbonyl (C=O) groups excluding carboxylic acids is 2. The van der Waals surface area contributed by atoms with Gasteiger partial charge in [-0.25, -0.2) is 0 Å². The average molecular weight is 211 g/mol. The van der Waals surface area contributed by atoms with Gasteiger partial charge in [0.15, 0.2) is 0 Å². The Morgan fingerprint density at radius 1 is 1.33 bits per heavy atom. The average Bonchev–Trinajstić information content (AvgIpc) is 2.12. The van der Waals surface area contributed by atoms with E-state index in [-0.39, 0.29) is 24.7 Å². The van der Waals surface area contributed by atoms with E-state index in [0.717, 1.165) is 3.46 Å². The zero-order valence-corrected chi connectivity index (χ0v) is 6.54. The minimum atomic E-state index is -1.50. The molecule has 1 rings (SSSR count). The summed E-state index contributed by atoms with van der Waals surface area (Å²) in [7, 11) is 0. The Morgan fingerprint density at radius 2 is 1.78 bits per heavy atom. The van der Waals surface area contributed by atoms with Crippen LogP contribution in [0.25, 0.3) is 0 Å². The van der Waals surface area contributed by atoms with E-state index in [0.29, 0.717) is 0 Å². The number of nitrogens with zero attached hydrogens (tertiary/aromatic N) is 1. The van der Waals surface area contributed by atoms with Crippen molar-refractivity contribution in [3.63, 3.8) is 0 Å². The molecule has 0 unspecified atom stereocenters. The first kappa shape index (κ1) is 6.90. The van der Waals surface area contributed by atoms with Gasteiger partial charge in [0.05, 0.1) is 0 Å². The van der Waals surface area contributed by atoms with Gasteiger partial charge in [0.25, 0.3) is 0 Å². The summed E-state index contributed by atoms with van der Waals surface area (Å²) < 4.78 is 9.50. The fraction of sp³-hybridized carbons (Fsp3) is 0.500. The van der Waals surface area contributed by atoms with Crippen LogP contribution in [-0.4, -0.2) is 19.0 Å². The monoisotopic (exact) mass is 213 g/mol. The molecule has 50 valence electrons. The van der Waals surface area contributed by atoms with E-state index in [1.165, 1.54) is 0 Å². The molecule has 0 radical (unpaired) electrons. The van der Waals surface area contributed by atoms with Crippen LogP contribution in [0, 0.1) is 0 Å². The van der Waals surface area contributed by atoms with Gasteiger partial charge < -0.3 is 0 Å². The van der Waals surface area contributed by atoms with Gasteiger partial charge in [0.1, 0.15) is 0 Å². The van der Waals surface area contributed by atoms with Crippen LogP contribution in [0.4, 0.5) is 0 Å². The Hall–Kier alpha value is -0.212. The second kappa shape index (κ2) is 2.58. The molecule has 5 heteroatoms. The normalized spacial score (nSPS) is 19.4. The maximum atomic E-state index is 10.6. The molecule has 1 aliphatic rings. The summed E-state index contributed by atoms with van der Waals surface area (Å²) >= 11 is -1.50.